The Bertz CT molecular complexity index is 1270. The van der Waals surface area contributed by atoms with Crippen molar-refractivity contribution in [2.24, 2.45) is 5.92 Å². The van der Waals surface area contributed by atoms with Crippen LogP contribution in [0.4, 0.5) is 5.69 Å². The van der Waals surface area contributed by atoms with Crippen molar-refractivity contribution < 1.29 is 23.9 Å². The van der Waals surface area contributed by atoms with Crippen molar-refractivity contribution in [2.45, 2.75) is 26.4 Å². The van der Waals surface area contributed by atoms with Gasteiger partial charge in [0.25, 0.3) is 11.8 Å². The number of fused-ring (bicyclic) bond motifs is 1. The second kappa shape index (κ2) is 10.0. The molecule has 1 heterocycles. The van der Waals surface area contributed by atoms with E-state index in [-0.39, 0.29) is 17.7 Å². The van der Waals surface area contributed by atoms with Gasteiger partial charge in [-0.05, 0) is 52.9 Å². The lowest BCUT2D eigenvalue weighted by Gasteiger charge is -2.28. The van der Waals surface area contributed by atoms with Crippen molar-refractivity contribution in [3.8, 4) is 16.9 Å². The van der Waals surface area contributed by atoms with Gasteiger partial charge in [0, 0.05) is 17.8 Å². The van der Waals surface area contributed by atoms with E-state index >= 15 is 0 Å². The van der Waals surface area contributed by atoms with E-state index in [0.29, 0.717) is 29.1 Å². The minimum absolute atomic E-state index is 0.0706. The number of esters is 1. The molecule has 3 aromatic rings. The van der Waals surface area contributed by atoms with Crippen molar-refractivity contribution in [3.05, 3.63) is 83.4 Å². The number of hydrogen-bond acceptors (Lipinski definition) is 5. The van der Waals surface area contributed by atoms with Gasteiger partial charge in [-0.3, -0.25) is 9.59 Å². The minimum Gasteiger partial charge on any atom is -0.496 e. The molecule has 1 atom stereocenters. The van der Waals surface area contributed by atoms with Crippen molar-refractivity contribution in [1.82, 2.24) is 4.90 Å². The Morgan fingerprint density at radius 3 is 2.29 bits per heavy atom. The maximum Gasteiger partial charge on any atom is 0.328 e. The summed E-state index contributed by atoms with van der Waals surface area (Å²) in [6, 6.07) is 19.6. The third-order valence-electron chi connectivity index (χ3n) is 6.18. The van der Waals surface area contributed by atoms with Crippen LogP contribution >= 0.6 is 0 Å². The number of hydrogen-bond donors (Lipinski definition) is 1. The fourth-order valence-corrected chi connectivity index (χ4v) is 4.38. The highest BCUT2D eigenvalue weighted by Crippen LogP contribution is 2.32. The van der Waals surface area contributed by atoms with Crippen LogP contribution in [0.15, 0.2) is 66.7 Å². The Labute approximate surface area is 204 Å². The molecule has 0 saturated carbocycles. The molecule has 0 saturated heterocycles. The number of anilines is 1. The molecule has 0 aliphatic carbocycles. The van der Waals surface area contributed by atoms with Crippen molar-refractivity contribution in [2.75, 3.05) is 19.5 Å². The number of amides is 2. The van der Waals surface area contributed by atoms with Crippen LogP contribution < -0.4 is 10.1 Å². The maximum absolute atomic E-state index is 13.2. The summed E-state index contributed by atoms with van der Waals surface area (Å²) < 4.78 is 10.2. The highest BCUT2D eigenvalue weighted by Gasteiger charge is 2.38. The molecule has 1 unspecified atom stereocenters. The molecule has 1 aliphatic heterocycles. The first-order chi connectivity index (χ1) is 16.8. The van der Waals surface area contributed by atoms with Crippen LogP contribution in [0.1, 0.15) is 40.1 Å². The van der Waals surface area contributed by atoms with Gasteiger partial charge in [-0.15, -0.1) is 0 Å². The normalized spacial score (nSPS) is 13.4. The number of nitrogens with zero attached hydrogens (tertiary/aromatic N) is 1. The Kier molecular flexibility index (Phi) is 6.87. The third kappa shape index (κ3) is 4.75. The molecule has 35 heavy (non-hydrogen) atoms. The third-order valence-corrected chi connectivity index (χ3v) is 6.18. The van der Waals surface area contributed by atoms with Crippen LogP contribution in [0.25, 0.3) is 11.1 Å². The van der Waals surface area contributed by atoms with E-state index in [1.807, 2.05) is 62.4 Å². The quantitative estimate of drug-likeness (QED) is 0.501. The average molecular weight is 473 g/mol. The van der Waals surface area contributed by atoms with Gasteiger partial charge in [-0.25, -0.2) is 4.79 Å². The van der Waals surface area contributed by atoms with Gasteiger partial charge in [0.15, 0.2) is 0 Å². The smallest absolute Gasteiger partial charge is 0.328 e. The van der Waals surface area contributed by atoms with E-state index in [2.05, 4.69) is 5.32 Å². The summed E-state index contributed by atoms with van der Waals surface area (Å²) >= 11 is 0. The predicted molar refractivity (Wildman–Crippen MR) is 133 cm³/mol. The molecule has 4 rings (SSSR count). The summed E-state index contributed by atoms with van der Waals surface area (Å²) in [5.41, 5.74) is 4.35. The largest absolute Gasteiger partial charge is 0.496 e. The second-order valence-electron chi connectivity index (χ2n) is 8.75. The molecule has 0 fully saturated rings. The molecule has 0 radical (unpaired) electrons. The molecule has 2 amide bonds. The number of benzene rings is 3. The summed E-state index contributed by atoms with van der Waals surface area (Å²) in [6.07, 6.45) is 0. The van der Waals surface area contributed by atoms with Gasteiger partial charge in [0.2, 0.25) is 0 Å². The number of carbonyl (C=O) groups excluding carboxylic acids is 3. The zero-order chi connectivity index (χ0) is 25.1. The Morgan fingerprint density at radius 2 is 1.63 bits per heavy atom. The SMILES string of the molecule is COC(=O)C(C(C)C)N1Cc2ccc(-c3ccc(NC(=O)c4ccccc4OC)cc3)cc2C1=O. The number of para-hydroxylation sites is 1. The van der Waals surface area contributed by atoms with E-state index < -0.39 is 12.0 Å². The molecule has 0 spiro atoms. The fourth-order valence-electron chi connectivity index (χ4n) is 4.38. The first-order valence-electron chi connectivity index (χ1n) is 11.4. The summed E-state index contributed by atoms with van der Waals surface area (Å²) in [5.74, 6) is -0.410. The maximum atomic E-state index is 13.2. The summed E-state index contributed by atoms with van der Waals surface area (Å²) in [7, 11) is 2.87. The predicted octanol–water partition coefficient (Wildman–Crippen LogP) is 4.77. The number of rotatable bonds is 7. The molecule has 7 heteroatoms. The van der Waals surface area contributed by atoms with E-state index in [1.54, 1.807) is 23.1 Å². The molecule has 0 bridgehead atoms. The Balaban J connectivity index is 1.52. The molecular formula is C28H28N2O5. The van der Waals surface area contributed by atoms with Gasteiger partial charge >= 0.3 is 5.97 Å². The highest BCUT2D eigenvalue weighted by molar-refractivity contribution is 6.06. The van der Waals surface area contributed by atoms with Crippen LogP contribution in [-0.2, 0) is 16.1 Å². The number of carbonyl (C=O) groups is 3. The van der Waals surface area contributed by atoms with Crippen molar-refractivity contribution >= 4 is 23.5 Å². The van der Waals surface area contributed by atoms with E-state index in [1.165, 1.54) is 14.2 Å². The molecule has 1 aliphatic rings. The van der Waals surface area contributed by atoms with Gasteiger partial charge in [0.1, 0.15) is 11.8 Å². The fraction of sp³-hybridized carbons (Fsp3) is 0.250. The first kappa shape index (κ1) is 24.0. The Hall–Kier alpha value is -4.13. The number of ether oxygens (including phenoxy) is 2. The molecule has 7 nitrogen and oxygen atoms in total. The zero-order valence-corrected chi connectivity index (χ0v) is 20.2. The molecular weight excluding hydrogens is 444 g/mol. The lowest BCUT2D eigenvalue weighted by atomic mass is 10.00. The van der Waals surface area contributed by atoms with E-state index in [9.17, 15) is 14.4 Å². The Morgan fingerprint density at radius 1 is 0.943 bits per heavy atom. The van der Waals surface area contributed by atoms with Crippen LogP contribution in [0.5, 0.6) is 5.75 Å². The van der Waals surface area contributed by atoms with E-state index in [4.69, 9.17) is 9.47 Å². The monoisotopic (exact) mass is 472 g/mol. The van der Waals surface area contributed by atoms with Crippen LogP contribution in [-0.4, -0.2) is 42.9 Å². The van der Waals surface area contributed by atoms with Gasteiger partial charge in [0.05, 0.1) is 19.8 Å². The van der Waals surface area contributed by atoms with Crippen molar-refractivity contribution in [3.63, 3.8) is 0 Å². The summed E-state index contributed by atoms with van der Waals surface area (Å²) in [6.45, 7) is 4.18. The molecule has 1 N–H and O–H groups in total. The van der Waals surface area contributed by atoms with Crippen LogP contribution in [0, 0.1) is 5.92 Å². The first-order valence-corrected chi connectivity index (χ1v) is 11.4. The van der Waals surface area contributed by atoms with Gasteiger partial charge in [-0.1, -0.05) is 50.2 Å². The lowest BCUT2D eigenvalue weighted by Crippen LogP contribution is -2.45. The average Bonchev–Trinajstić information content (AvgIpc) is 3.19. The van der Waals surface area contributed by atoms with Crippen LogP contribution in [0.2, 0.25) is 0 Å². The topological polar surface area (TPSA) is 84.9 Å². The molecule has 3 aromatic carbocycles. The minimum atomic E-state index is -0.630. The van der Waals surface area contributed by atoms with Crippen LogP contribution in [0.3, 0.4) is 0 Å². The lowest BCUT2D eigenvalue weighted by molar-refractivity contribution is -0.147. The summed E-state index contributed by atoms with van der Waals surface area (Å²) in [5, 5.41) is 2.88. The standard InChI is InChI=1S/C28H28N2O5/c1-17(2)25(28(33)35-4)30-16-20-10-9-19(15-23(20)27(30)32)18-11-13-21(14-12-18)29-26(31)22-7-5-6-8-24(22)34-3/h5-15,17,25H,16H2,1-4H3,(H,29,31). The van der Waals surface area contributed by atoms with E-state index in [0.717, 1.165) is 16.7 Å². The van der Waals surface area contributed by atoms with Gasteiger partial charge < -0.3 is 19.7 Å². The molecule has 180 valence electrons. The van der Waals surface area contributed by atoms with Gasteiger partial charge in [-0.2, -0.15) is 0 Å². The number of nitrogens with one attached hydrogen (secondary N) is 1. The number of methoxy groups -OCH3 is 2. The highest BCUT2D eigenvalue weighted by atomic mass is 16.5. The second-order valence-corrected chi connectivity index (χ2v) is 8.75. The molecule has 0 aromatic heterocycles. The van der Waals surface area contributed by atoms with Crippen molar-refractivity contribution in [1.29, 1.82) is 0 Å². The summed E-state index contributed by atoms with van der Waals surface area (Å²) in [4.78, 5) is 39.7. The zero-order valence-electron chi connectivity index (χ0n) is 20.2.